The van der Waals surface area contributed by atoms with Gasteiger partial charge in [-0.25, -0.2) is 14.4 Å². The second-order valence-electron chi connectivity index (χ2n) is 6.52. The molecule has 1 aromatic carbocycles. The van der Waals surface area contributed by atoms with E-state index in [0.717, 1.165) is 4.88 Å². The first-order valence-corrected chi connectivity index (χ1v) is 9.83. The molecule has 28 heavy (non-hydrogen) atoms. The van der Waals surface area contributed by atoms with Crippen molar-refractivity contribution in [3.63, 3.8) is 0 Å². The molecule has 0 N–H and O–H groups in total. The number of thiophene rings is 1. The van der Waals surface area contributed by atoms with Gasteiger partial charge in [-0.1, -0.05) is 18.2 Å². The number of ether oxygens (including phenoxy) is 1. The quantitative estimate of drug-likeness (QED) is 0.669. The maximum Gasteiger partial charge on any atom is 0.264 e. The van der Waals surface area contributed by atoms with Crippen molar-refractivity contribution in [1.82, 2.24) is 14.9 Å². The van der Waals surface area contributed by atoms with Crippen LogP contribution in [0, 0.1) is 5.82 Å². The third-order valence-corrected chi connectivity index (χ3v) is 5.48. The number of para-hydroxylation sites is 1. The highest BCUT2D eigenvalue weighted by Crippen LogP contribution is 2.26. The summed E-state index contributed by atoms with van der Waals surface area (Å²) in [5.41, 5.74) is 0. The second kappa shape index (κ2) is 7.93. The lowest BCUT2D eigenvalue weighted by Gasteiger charge is -2.40. The summed E-state index contributed by atoms with van der Waals surface area (Å²) in [5.74, 6) is 0.702. The fraction of sp³-hybridized carbons (Fsp3) is 0.250. The van der Waals surface area contributed by atoms with E-state index in [9.17, 15) is 9.18 Å². The molecule has 1 fully saturated rings. The molecule has 0 bridgehead atoms. The average Bonchev–Trinajstić information content (AvgIpc) is 3.24. The van der Waals surface area contributed by atoms with Gasteiger partial charge in [0.05, 0.1) is 4.88 Å². The van der Waals surface area contributed by atoms with Crippen LogP contribution >= 0.6 is 11.3 Å². The number of nitrogens with zero attached hydrogens (tertiary/aromatic N) is 4. The maximum atomic E-state index is 13.8. The number of benzene rings is 1. The van der Waals surface area contributed by atoms with E-state index in [1.54, 1.807) is 24.3 Å². The Morgan fingerprint density at radius 1 is 1.21 bits per heavy atom. The summed E-state index contributed by atoms with van der Waals surface area (Å²) in [6, 6.07) is 11.7. The molecule has 1 unspecified atom stereocenters. The summed E-state index contributed by atoms with van der Waals surface area (Å²) in [6.45, 7) is 3.92. The van der Waals surface area contributed by atoms with Crippen LogP contribution in [0.5, 0.6) is 11.6 Å². The third-order valence-electron chi connectivity index (χ3n) is 4.62. The molecule has 3 heterocycles. The van der Waals surface area contributed by atoms with Gasteiger partial charge in [-0.3, -0.25) is 4.79 Å². The van der Waals surface area contributed by atoms with Gasteiger partial charge in [-0.05, 0) is 30.5 Å². The van der Waals surface area contributed by atoms with E-state index in [0.29, 0.717) is 25.5 Å². The summed E-state index contributed by atoms with van der Waals surface area (Å²) >= 11 is 1.46. The normalized spacial score (nSPS) is 16.9. The Bertz CT molecular complexity index is 966. The smallest absolute Gasteiger partial charge is 0.264 e. The number of hydrogen-bond donors (Lipinski definition) is 0. The topological polar surface area (TPSA) is 58.6 Å². The predicted molar refractivity (Wildman–Crippen MR) is 106 cm³/mol. The van der Waals surface area contributed by atoms with Gasteiger partial charge in [0, 0.05) is 31.7 Å². The van der Waals surface area contributed by atoms with Crippen LogP contribution in [0.2, 0.25) is 0 Å². The lowest BCUT2D eigenvalue weighted by molar-refractivity contribution is 0.0678. The van der Waals surface area contributed by atoms with E-state index in [4.69, 9.17) is 4.74 Å². The van der Waals surface area contributed by atoms with E-state index in [2.05, 4.69) is 14.9 Å². The number of halogens is 1. The molecule has 8 heteroatoms. The Morgan fingerprint density at radius 2 is 2.07 bits per heavy atom. The van der Waals surface area contributed by atoms with Gasteiger partial charge in [-0.15, -0.1) is 11.3 Å². The van der Waals surface area contributed by atoms with Crippen molar-refractivity contribution in [1.29, 1.82) is 0 Å². The number of carbonyl (C=O) groups is 1. The van der Waals surface area contributed by atoms with Crippen LogP contribution in [-0.2, 0) is 0 Å². The summed E-state index contributed by atoms with van der Waals surface area (Å²) in [4.78, 5) is 25.8. The van der Waals surface area contributed by atoms with Crippen molar-refractivity contribution in [2.45, 2.75) is 13.0 Å². The highest BCUT2D eigenvalue weighted by atomic mass is 32.1. The molecule has 4 rings (SSSR count). The summed E-state index contributed by atoms with van der Waals surface area (Å²) < 4.78 is 19.4. The van der Waals surface area contributed by atoms with E-state index in [-0.39, 0.29) is 23.6 Å². The molecule has 0 saturated carbocycles. The number of aromatic nitrogens is 2. The molecule has 144 valence electrons. The number of anilines is 1. The van der Waals surface area contributed by atoms with Crippen molar-refractivity contribution < 1.29 is 13.9 Å². The molecule has 1 saturated heterocycles. The molecule has 0 radical (unpaired) electrons. The molecule has 6 nitrogen and oxygen atoms in total. The van der Waals surface area contributed by atoms with E-state index in [1.807, 2.05) is 29.3 Å². The summed E-state index contributed by atoms with van der Waals surface area (Å²) in [5, 5.41) is 1.91. The van der Waals surface area contributed by atoms with Crippen LogP contribution in [0.4, 0.5) is 10.2 Å². The summed E-state index contributed by atoms with van der Waals surface area (Å²) in [7, 11) is 0. The van der Waals surface area contributed by atoms with Crippen molar-refractivity contribution in [3.8, 4) is 11.6 Å². The molecule has 0 spiro atoms. The first kappa shape index (κ1) is 18.4. The number of piperazine rings is 1. The molecule has 1 amide bonds. The first-order chi connectivity index (χ1) is 13.6. The minimum Gasteiger partial charge on any atom is -0.436 e. The van der Waals surface area contributed by atoms with Gasteiger partial charge in [0.2, 0.25) is 5.88 Å². The molecule has 1 aliphatic heterocycles. The predicted octanol–water partition coefficient (Wildman–Crippen LogP) is 3.82. The van der Waals surface area contributed by atoms with Gasteiger partial charge in [-0.2, -0.15) is 0 Å². The Hall–Kier alpha value is -3.00. The van der Waals surface area contributed by atoms with Crippen molar-refractivity contribution in [2.75, 3.05) is 24.5 Å². The highest BCUT2D eigenvalue weighted by molar-refractivity contribution is 7.12. The Labute approximate surface area is 166 Å². The minimum atomic E-state index is -0.447. The van der Waals surface area contributed by atoms with Crippen LogP contribution in [0.1, 0.15) is 16.6 Å². The fourth-order valence-corrected chi connectivity index (χ4v) is 3.89. The zero-order chi connectivity index (χ0) is 19.5. The number of carbonyl (C=O) groups excluding carboxylic acids is 1. The number of amides is 1. The van der Waals surface area contributed by atoms with Crippen molar-refractivity contribution in [2.24, 2.45) is 0 Å². The van der Waals surface area contributed by atoms with Gasteiger partial charge in [0.15, 0.2) is 11.6 Å². The van der Waals surface area contributed by atoms with Gasteiger partial charge in [0.25, 0.3) is 5.91 Å². The van der Waals surface area contributed by atoms with Crippen LogP contribution in [0.3, 0.4) is 0 Å². The Kier molecular flexibility index (Phi) is 5.21. The molecular weight excluding hydrogens is 379 g/mol. The average molecular weight is 398 g/mol. The van der Waals surface area contributed by atoms with E-state index < -0.39 is 5.82 Å². The Morgan fingerprint density at radius 3 is 2.82 bits per heavy atom. The largest absolute Gasteiger partial charge is 0.436 e. The number of hydrogen-bond acceptors (Lipinski definition) is 6. The molecule has 2 aromatic heterocycles. The standard InChI is InChI=1S/C20H19FN4O2S/c1-14-12-24(8-9-25(14)20(26)17-7-4-10-28-17)18-11-19(23-13-22-18)27-16-6-3-2-5-15(16)21/h2-7,10-11,13-14H,8-9,12H2,1H3. The Balaban J connectivity index is 1.46. The monoisotopic (exact) mass is 398 g/mol. The van der Waals surface area contributed by atoms with Crippen LogP contribution < -0.4 is 9.64 Å². The zero-order valence-corrected chi connectivity index (χ0v) is 16.1. The maximum absolute atomic E-state index is 13.8. The zero-order valence-electron chi connectivity index (χ0n) is 15.3. The third kappa shape index (κ3) is 3.82. The first-order valence-electron chi connectivity index (χ1n) is 8.95. The second-order valence-corrected chi connectivity index (χ2v) is 7.47. The summed E-state index contributed by atoms with van der Waals surface area (Å²) in [6.07, 6.45) is 1.40. The molecule has 3 aromatic rings. The molecule has 1 aliphatic rings. The van der Waals surface area contributed by atoms with Crippen LogP contribution in [0.25, 0.3) is 0 Å². The minimum absolute atomic E-state index is 0.0363. The van der Waals surface area contributed by atoms with E-state index >= 15 is 0 Å². The lowest BCUT2D eigenvalue weighted by Crippen LogP contribution is -2.54. The van der Waals surface area contributed by atoms with Crippen LogP contribution in [-0.4, -0.2) is 46.5 Å². The molecule has 1 atom stereocenters. The van der Waals surface area contributed by atoms with Crippen molar-refractivity contribution in [3.05, 3.63) is 64.9 Å². The van der Waals surface area contributed by atoms with E-state index in [1.165, 1.54) is 23.7 Å². The van der Waals surface area contributed by atoms with Gasteiger partial charge in [0.1, 0.15) is 12.1 Å². The lowest BCUT2D eigenvalue weighted by atomic mass is 10.2. The molecular formula is C20H19FN4O2S. The number of rotatable bonds is 4. The molecule has 0 aliphatic carbocycles. The van der Waals surface area contributed by atoms with Crippen molar-refractivity contribution >= 4 is 23.1 Å². The SMILES string of the molecule is CC1CN(c2cc(Oc3ccccc3F)ncn2)CCN1C(=O)c1cccs1. The van der Waals surface area contributed by atoms with Crippen LogP contribution in [0.15, 0.2) is 54.2 Å². The van der Waals surface area contributed by atoms with Gasteiger partial charge < -0.3 is 14.5 Å². The van der Waals surface area contributed by atoms with Gasteiger partial charge >= 0.3 is 0 Å². The highest BCUT2D eigenvalue weighted by Gasteiger charge is 2.29. The fourth-order valence-electron chi connectivity index (χ4n) is 3.21.